The molecule has 0 aliphatic rings. The standard InChI is InChI=1S/C15H21N3O/c1-11(15(2,3)4)18-14(19)13-8-7-12(10-17-13)6-5-9-16/h7-8,10-11H,9,16H2,1-4H3,(H,18,19). The van der Waals surface area contributed by atoms with E-state index in [1.54, 1.807) is 18.3 Å². The molecule has 3 N–H and O–H groups in total. The van der Waals surface area contributed by atoms with Crippen LogP contribution in [0.25, 0.3) is 0 Å². The number of hydrogen-bond donors (Lipinski definition) is 2. The van der Waals surface area contributed by atoms with E-state index >= 15 is 0 Å². The molecule has 0 radical (unpaired) electrons. The third kappa shape index (κ3) is 4.72. The number of carbonyl (C=O) groups is 1. The van der Waals surface area contributed by atoms with Crippen LogP contribution in [0.15, 0.2) is 18.3 Å². The van der Waals surface area contributed by atoms with E-state index in [9.17, 15) is 4.79 Å². The lowest BCUT2D eigenvalue weighted by atomic mass is 9.88. The van der Waals surface area contributed by atoms with Crippen LogP contribution in [0.2, 0.25) is 0 Å². The van der Waals surface area contributed by atoms with Gasteiger partial charge in [0.15, 0.2) is 0 Å². The predicted octanol–water partition coefficient (Wildman–Crippen LogP) is 1.56. The number of nitrogens with zero attached hydrogens (tertiary/aromatic N) is 1. The molecule has 1 aromatic heterocycles. The van der Waals surface area contributed by atoms with Crippen molar-refractivity contribution in [2.75, 3.05) is 6.54 Å². The molecule has 1 rings (SSSR count). The van der Waals surface area contributed by atoms with E-state index in [1.807, 2.05) is 6.92 Å². The summed E-state index contributed by atoms with van der Waals surface area (Å²) in [6.07, 6.45) is 1.58. The van der Waals surface area contributed by atoms with Crippen molar-refractivity contribution in [3.63, 3.8) is 0 Å². The fraction of sp³-hybridized carbons (Fsp3) is 0.467. The van der Waals surface area contributed by atoms with E-state index in [0.717, 1.165) is 5.56 Å². The number of carbonyl (C=O) groups excluding carboxylic acids is 1. The first-order valence-electron chi connectivity index (χ1n) is 6.30. The molecular formula is C15H21N3O. The Labute approximate surface area is 114 Å². The first kappa shape index (κ1) is 15.2. The van der Waals surface area contributed by atoms with Gasteiger partial charge in [0, 0.05) is 17.8 Å². The molecule has 1 amide bonds. The second-order valence-electron chi connectivity index (χ2n) is 5.50. The second-order valence-corrected chi connectivity index (χ2v) is 5.50. The number of nitrogens with one attached hydrogen (secondary N) is 1. The van der Waals surface area contributed by atoms with Crippen LogP contribution in [-0.4, -0.2) is 23.5 Å². The highest BCUT2D eigenvalue weighted by atomic mass is 16.1. The van der Waals surface area contributed by atoms with E-state index in [2.05, 4.69) is 42.9 Å². The highest BCUT2D eigenvalue weighted by Crippen LogP contribution is 2.18. The summed E-state index contributed by atoms with van der Waals surface area (Å²) in [6, 6.07) is 3.51. The quantitative estimate of drug-likeness (QED) is 0.792. The molecule has 0 fully saturated rings. The zero-order valence-electron chi connectivity index (χ0n) is 11.9. The third-order valence-corrected chi connectivity index (χ3v) is 2.98. The lowest BCUT2D eigenvalue weighted by molar-refractivity contribution is 0.0905. The monoisotopic (exact) mass is 259 g/mol. The summed E-state index contributed by atoms with van der Waals surface area (Å²) in [5.74, 6) is 5.44. The average molecular weight is 259 g/mol. The number of nitrogens with two attached hydrogens (primary N) is 1. The molecule has 19 heavy (non-hydrogen) atoms. The van der Waals surface area contributed by atoms with E-state index in [-0.39, 0.29) is 17.4 Å². The lowest BCUT2D eigenvalue weighted by Gasteiger charge is -2.27. The van der Waals surface area contributed by atoms with Gasteiger partial charge >= 0.3 is 0 Å². The molecule has 4 nitrogen and oxygen atoms in total. The maximum absolute atomic E-state index is 12.0. The zero-order valence-corrected chi connectivity index (χ0v) is 11.9. The Balaban J connectivity index is 2.73. The Morgan fingerprint density at radius 1 is 1.47 bits per heavy atom. The van der Waals surface area contributed by atoms with Gasteiger partial charge < -0.3 is 11.1 Å². The molecule has 0 saturated heterocycles. The van der Waals surface area contributed by atoms with Crippen LogP contribution in [0.1, 0.15) is 43.7 Å². The minimum Gasteiger partial charge on any atom is -0.348 e. The molecule has 0 spiro atoms. The highest BCUT2D eigenvalue weighted by Gasteiger charge is 2.22. The van der Waals surface area contributed by atoms with Crippen molar-refractivity contribution in [2.45, 2.75) is 33.7 Å². The van der Waals surface area contributed by atoms with Crippen molar-refractivity contribution in [3.8, 4) is 11.8 Å². The Morgan fingerprint density at radius 3 is 2.63 bits per heavy atom. The van der Waals surface area contributed by atoms with E-state index in [4.69, 9.17) is 5.73 Å². The maximum Gasteiger partial charge on any atom is 0.270 e. The lowest BCUT2D eigenvalue weighted by Crippen LogP contribution is -2.41. The summed E-state index contributed by atoms with van der Waals surface area (Å²) in [5, 5.41) is 2.94. The van der Waals surface area contributed by atoms with Gasteiger partial charge in [-0.3, -0.25) is 4.79 Å². The molecular weight excluding hydrogens is 238 g/mol. The minimum atomic E-state index is -0.166. The molecule has 0 bridgehead atoms. The summed E-state index contributed by atoms with van der Waals surface area (Å²) in [4.78, 5) is 16.1. The molecule has 1 unspecified atom stereocenters. The van der Waals surface area contributed by atoms with Crippen LogP contribution in [0.5, 0.6) is 0 Å². The van der Waals surface area contributed by atoms with Crippen molar-refractivity contribution in [1.29, 1.82) is 0 Å². The fourth-order valence-corrected chi connectivity index (χ4v) is 1.24. The predicted molar refractivity (Wildman–Crippen MR) is 76.6 cm³/mol. The maximum atomic E-state index is 12.0. The first-order valence-corrected chi connectivity index (χ1v) is 6.30. The van der Waals surface area contributed by atoms with Crippen molar-refractivity contribution in [3.05, 3.63) is 29.6 Å². The summed E-state index contributed by atoms with van der Waals surface area (Å²) < 4.78 is 0. The molecule has 0 aliphatic carbocycles. The van der Waals surface area contributed by atoms with Gasteiger partial charge in [0.1, 0.15) is 5.69 Å². The van der Waals surface area contributed by atoms with Crippen molar-refractivity contribution < 1.29 is 4.79 Å². The topological polar surface area (TPSA) is 68.0 Å². The number of amides is 1. The Kier molecular flexibility index (Phi) is 5.08. The number of rotatable bonds is 2. The molecule has 1 heterocycles. The van der Waals surface area contributed by atoms with Gasteiger partial charge in [-0.2, -0.15) is 0 Å². The van der Waals surface area contributed by atoms with E-state index in [0.29, 0.717) is 12.2 Å². The number of hydrogen-bond acceptors (Lipinski definition) is 3. The summed E-state index contributed by atoms with van der Waals surface area (Å²) in [5.41, 5.74) is 6.46. The molecule has 1 atom stereocenters. The van der Waals surface area contributed by atoms with E-state index in [1.165, 1.54) is 0 Å². The zero-order chi connectivity index (χ0) is 14.5. The van der Waals surface area contributed by atoms with Crippen LogP contribution >= 0.6 is 0 Å². The van der Waals surface area contributed by atoms with Gasteiger partial charge in [-0.1, -0.05) is 32.6 Å². The SMILES string of the molecule is CC(NC(=O)c1ccc(C#CCN)cn1)C(C)(C)C. The Hall–Kier alpha value is -1.86. The molecule has 0 saturated carbocycles. The Bertz CT molecular complexity index is 489. The molecule has 1 aromatic rings. The molecule has 4 heteroatoms. The second kappa shape index (κ2) is 6.35. The van der Waals surface area contributed by atoms with Gasteiger partial charge in [-0.15, -0.1) is 0 Å². The molecule has 0 aromatic carbocycles. The first-order chi connectivity index (χ1) is 8.84. The van der Waals surface area contributed by atoms with Crippen LogP contribution in [0.3, 0.4) is 0 Å². The molecule has 102 valence electrons. The van der Waals surface area contributed by atoms with Crippen LogP contribution < -0.4 is 11.1 Å². The number of pyridine rings is 1. The summed E-state index contributed by atoms with van der Waals surface area (Å²) in [7, 11) is 0. The van der Waals surface area contributed by atoms with Gasteiger partial charge in [0.25, 0.3) is 5.91 Å². The summed E-state index contributed by atoms with van der Waals surface area (Å²) >= 11 is 0. The van der Waals surface area contributed by atoms with Crippen LogP contribution in [-0.2, 0) is 0 Å². The number of aromatic nitrogens is 1. The molecule has 0 aliphatic heterocycles. The van der Waals surface area contributed by atoms with E-state index < -0.39 is 0 Å². The normalized spacial score (nSPS) is 12.3. The Morgan fingerprint density at radius 2 is 2.16 bits per heavy atom. The third-order valence-electron chi connectivity index (χ3n) is 2.98. The van der Waals surface area contributed by atoms with Crippen LogP contribution in [0, 0.1) is 17.3 Å². The van der Waals surface area contributed by atoms with Crippen LogP contribution in [0.4, 0.5) is 0 Å². The van der Waals surface area contributed by atoms with Gasteiger partial charge in [0.05, 0.1) is 6.54 Å². The fourth-order valence-electron chi connectivity index (χ4n) is 1.24. The average Bonchev–Trinajstić information content (AvgIpc) is 2.35. The highest BCUT2D eigenvalue weighted by molar-refractivity contribution is 5.92. The van der Waals surface area contributed by atoms with Crippen molar-refractivity contribution in [2.24, 2.45) is 11.1 Å². The van der Waals surface area contributed by atoms with Crippen molar-refractivity contribution >= 4 is 5.91 Å². The summed E-state index contributed by atoms with van der Waals surface area (Å²) in [6.45, 7) is 8.54. The van der Waals surface area contributed by atoms with Gasteiger partial charge in [0.2, 0.25) is 0 Å². The van der Waals surface area contributed by atoms with Gasteiger partial charge in [-0.05, 0) is 24.5 Å². The van der Waals surface area contributed by atoms with Gasteiger partial charge in [-0.25, -0.2) is 4.98 Å². The minimum absolute atomic E-state index is 0.0161. The smallest absolute Gasteiger partial charge is 0.270 e. The largest absolute Gasteiger partial charge is 0.348 e. The van der Waals surface area contributed by atoms with Crippen molar-refractivity contribution in [1.82, 2.24) is 10.3 Å².